The molecule has 0 aliphatic heterocycles. The number of anilines is 1. The van der Waals surface area contributed by atoms with Crippen LogP contribution in [-0.2, 0) is 30.2 Å². The van der Waals surface area contributed by atoms with Crippen molar-refractivity contribution < 1.29 is 14.4 Å². The number of nitrogens with zero attached hydrogens (tertiary/aromatic N) is 4. The Bertz CT molecular complexity index is 730. The van der Waals surface area contributed by atoms with E-state index in [-0.39, 0.29) is 17.9 Å². The third-order valence-electron chi connectivity index (χ3n) is 2.93. The monoisotopic (exact) mass is 304 g/mol. The first-order valence-corrected chi connectivity index (χ1v) is 6.48. The maximum atomic E-state index is 12.2. The van der Waals surface area contributed by atoms with E-state index in [2.05, 4.69) is 20.8 Å². The van der Waals surface area contributed by atoms with Gasteiger partial charge in [0.05, 0.1) is 18.1 Å². The number of hydrogen-bond acceptors (Lipinski definition) is 5. The van der Waals surface area contributed by atoms with Crippen LogP contribution in [0.1, 0.15) is 23.0 Å². The number of ketones is 1. The lowest BCUT2D eigenvalue weighted by atomic mass is 10.3. The number of aryl methyl sites for hydroxylation is 2. The molecule has 2 aromatic rings. The summed E-state index contributed by atoms with van der Waals surface area (Å²) < 4.78 is 2.96. The molecule has 0 fully saturated rings. The van der Waals surface area contributed by atoms with Crippen molar-refractivity contribution in [3.8, 4) is 0 Å². The summed E-state index contributed by atoms with van der Waals surface area (Å²) in [6, 6.07) is 0. The van der Waals surface area contributed by atoms with Crippen LogP contribution in [0.3, 0.4) is 0 Å². The lowest BCUT2D eigenvalue weighted by molar-refractivity contribution is -0.133. The molecule has 2 rings (SSSR count). The van der Waals surface area contributed by atoms with E-state index in [1.807, 2.05) is 0 Å². The van der Waals surface area contributed by atoms with Crippen molar-refractivity contribution in [3.05, 3.63) is 29.8 Å². The summed E-state index contributed by atoms with van der Waals surface area (Å²) in [4.78, 5) is 34.7. The normalized spacial score (nSPS) is 10.3. The molecule has 0 spiro atoms. The predicted octanol–water partition coefficient (Wildman–Crippen LogP) is -0.389. The van der Waals surface area contributed by atoms with Crippen molar-refractivity contribution in [3.63, 3.8) is 0 Å². The Labute approximate surface area is 126 Å². The Hall–Kier alpha value is -2.97. The molecule has 2 amide bonds. The zero-order valence-electron chi connectivity index (χ0n) is 12.5. The molecule has 2 N–H and O–H groups in total. The summed E-state index contributed by atoms with van der Waals surface area (Å²) in [6.45, 7) is 1.44. The summed E-state index contributed by atoms with van der Waals surface area (Å²) >= 11 is 0. The third kappa shape index (κ3) is 3.37. The molecule has 0 bridgehead atoms. The van der Waals surface area contributed by atoms with Gasteiger partial charge in [-0.1, -0.05) is 0 Å². The van der Waals surface area contributed by atoms with Crippen LogP contribution in [0.4, 0.5) is 5.69 Å². The lowest BCUT2D eigenvalue weighted by Crippen LogP contribution is -2.27. The first-order valence-electron chi connectivity index (χ1n) is 6.48. The number of Topliss-reactive ketones (excluding diaryl/α,β-unsaturated/α-hetero) is 1. The van der Waals surface area contributed by atoms with E-state index >= 15 is 0 Å². The standard InChI is InChI=1S/C13H16N6O3/c1-8(20)12(21)17-10-6-16-19(3)11(10)13(22)14-4-9-5-15-18(2)7-9/h5-7H,4H2,1-3H3,(H,14,22)(H,17,21). The van der Waals surface area contributed by atoms with Crippen LogP contribution in [0.5, 0.6) is 0 Å². The molecule has 2 heterocycles. The number of hydrogen-bond donors (Lipinski definition) is 2. The van der Waals surface area contributed by atoms with Gasteiger partial charge < -0.3 is 10.6 Å². The zero-order chi connectivity index (χ0) is 16.3. The SMILES string of the molecule is CC(=O)C(=O)Nc1cnn(C)c1C(=O)NCc1cnn(C)c1. The lowest BCUT2D eigenvalue weighted by Gasteiger charge is -2.07. The largest absolute Gasteiger partial charge is 0.346 e. The van der Waals surface area contributed by atoms with Crippen LogP contribution in [-0.4, -0.2) is 37.2 Å². The molecular formula is C13H16N6O3. The maximum absolute atomic E-state index is 12.2. The summed E-state index contributed by atoms with van der Waals surface area (Å²) in [6.07, 6.45) is 4.74. The summed E-state index contributed by atoms with van der Waals surface area (Å²) in [5.74, 6) is -1.86. The van der Waals surface area contributed by atoms with E-state index in [4.69, 9.17) is 0 Å². The molecular weight excluding hydrogens is 288 g/mol. The van der Waals surface area contributed by atoms with E-state index in [0.29, 0.717) is 0 Å². The molecule has 9 heteroatoms. The highest BCUT2D eigenvalue weighted by Crippen LogP contribution is 2.14. The molecule has 0 unspecified atom stereocenters. The highest BCUT2D eigenvalue weighted by atomic mass is 16.2. The number of carbonyl (C=O) groups excluding carboxylic acids is 3. The van der Waals surface area contributed by atoms with Crippen LogP contribution in [0, 0.1) is 0 Å². The Kier molecular flexibility index (Phi) is 4.35. The fourth-order valence-corrected chi connectivity index (χ4v) is 1.84. The third-order valence-corrected chi connectivity index (χ3v) is 2.93. The van der Waals surface area contributed by atoms with Gasteiger partial charge in [-0.05, 0) is 0 Å². The quantitative estimate of drug-likeness (QED) is 0.731. The van der Waals surface area contributed by atoms with Gasteiger partial charge >= 0.3 is 0 Å². The van der Waals surface area contributed by atoms with Crippen LogP contribution >= 0.6 is 0 Å². The topological polar surface area (TPSA) is 111 Å². The fraction of sp³-hybridized carbons (Fsp3) is 0.308. The average molecular weight is 304 g/mol. The van der Waals surface area contributed by atoms with E-state index < -0.39 is 17.6 Å². The van der Waals surface area contributed by atoms with Crippen molar-refractivity contribution in [2.24, 2.45) is 14.1 Å². The molecule has 22 heavy (non-hydrogen) atoms. The smallest absolute Gasteiger partial charge is 0.291 e. The van der Waals surface area contributed by atoms with Crippen molar-refractivity contribution in [2.75, 3.05) is 5.32 Å². The molecule has 0 saturated heterocycles. The molecule has 0 aliphatic rings. The second kappa shape index (κ2) is 6.20. The van der Waals surface area contributed by atoms with E-state index in [1.165, 1.54) is 10.9 Å². The Morgan fingerprint density at radius 3 is 2.50 bits per heavy atom. The minimum absolute atomic E-state index is 0.165. The van der Waals surface area contributed by atoms with Gasteiger partial charge in [0.15, 0.2) is 0 Å². The van der Waals surface area contributed by atoms with Crippen LogP contribution in [0.25, 0.3) is 0 Å². The van der Waals surface area contributed by atoms with Crippen LogP contribution < -0.4 is 10.6 Å². The van der Waals surface area contributed by atoms with Crippen molar-refractivity contribution in [1.29, 1.82) is 0 Å². The fourth-order valence-electron chi connectivity index (χ4n) is 1.84. The average Bonchev–Trinajstić information content (AvgIpc) is 3.02. The predicted molar refractivity (Wildman–Crippen MR) is 76.9 cm³/mol. The molecule has 0 saturated carbocycles. The van der Waals surface area contributed by atoms with Crippen LogP contribution in [0.2, 0.25) is 0 Å². The number of amides is 2. The zero-order valence-corrected chi connectivity index (χ0v) is 12.5. The molecule has 2 aromatic heterocycles. The van der Waals surface area contributed by atoms with Gasteiger partial charge in [-0.2, -0.15) is 10.2 Å². The minimum Gasteiger partial charge on any atom is -0.346 e. The maximum Gasteiger partial charge on any atom is 0.291 e. The number of nitrogens with one attached hydrogen (secondary N) is 2. The van der Waals surface area contributed by atoms with Gasteiger partial charge in [0.2, 0.25) is 5.78 Å². The Morgan fingerprint density at radius 1 is 1.18 bits per heavy atom. The first kappa shape index (κ1) is 15.4. The van der Waals surface area contributed by atoms with Crippen LogP contribution in [0.15, 0.2) is 18.6 Å². The molecule has 9 nitrogen and oxygen atoms in total. The van der Waals surface area contributed by atoms with Gasteiger partial charge in [0.1, 0.15) is 5.69 Å². The second-order valence-corrected chi connectivity index (χ2v) is 4.75. The number of rotatable bonds is 5. The number of aromatic nitrogens is 4. The van der Waals surface area contributed by atoms with E-state index in [9.17, 15) is 14.4 Å². The molecule has 0 aromatic carbocycles. The molecule has 0 atom stereocenters. The minimum atomic E-state index is -0.797. The van der Waals surface area contributed by atoms with Gasteiger partial charge in [0.25, 0.3) is 11.8 Å². The molecule has 0 aliphatic carbocycles. The molecule has 116 valence electrons. The van der Waals surface area contributed by atoms with Crippen molar-refractivity contribution in [2.45, 2.75) is 13.5 Å². The second-order valence-electron chi connectivity index (χ2n) is 4.75. The summed E-state index contributed by atoms with van der Waals surface area (Å²) in [5, 5.41) is 13.0. The van der Waals surface area contributed by atoms with Crippen molar-refractivity contribution in [1.82, 2.24) is 24.9 Å². The van der Waals surface area contributed by atoms with E-state index in [0.717, 1.165) is 12.5 Å². The van der Waals surface area contributed by atoms with E-state index in [1.54, 1.807) is 31.2 Å². The summed E-state index contributed by atoms with van der Waals surface area (Å²) in [5.41, 5.74) is 1.19. The van der Waals surface area contributed by atoms with Gasteiger partial charge in [0, 0.05) is 39.3 Å². The van der Waals surface area contributed by atoms with Gasteiger partial charge in [-0.25, -0.2) is 0 Å². The summed E-state index contributed by atoms with van der Waals surface area (Å²) in [7, 11) is 3.35. The van der Waals surface area contributed by atoms with Gasteiger partial charge in [-0.15, -0.1) is 0 Å². The number of carbonyl (C=O) groups is 3. The first-order chi connectivity index (χ1) is 10.4. The highest BCUT2D eigenvalue weighted by Gasteiger charge is 2.19. The van der Waals surface area contributed by atoms with Crippen molar-refractivity contribution >= 4 is 23.3 Å². The Balaban J connectivity index is 2.10. The van der Waals surface area contributed by atoms with Gasteiger partial charge in [-0.3, -0.25) is 23.7 Å². The highest BCUT2D eigenvalue weighted by molar-refractivity contribution is 6.40. The molecule has 0 radical (unpaired) electrons. The Morgan fingerprint density at radius 2 is 1.91 bits per heavy atom.